The maximum atomic E-state index is 13.6. The summed E-state index contributed by atoms with van der Waals surface area (Å²) in [5.74, 6) is -0.133. The first kappa shape index (κ1) is 22.7. The SMILES string of the molecule is CCOc1cccc(N2C(=O)C(Nc3ccc(N4CCCCC4)cc3)=C(c3ccccc3)C2=O)c1. The Morgan fingerprint density at radius 3 is 2.26 bits per heavy atom. The number of anilines is 3. The second-order valence-corrected chi connectivity index (χ2v) is 8.71. The van der Waals surface area contributed by atoms with Crippen LogP contribution in [0.15, 0.2) is 84.6 Å². The van der Waals surface area contributed by atoms with Crippen molar-refractivity contribution < 1.29 is 14.3 Å². The molecule has 1 N–H and O–H groups in total. The van der Waals surface area contributed by atoms with Crippen LogP contribution in [0.5, 0.6) is 5.75 Å². The maximum absolute atomic E-state index is 13.6. The summed E-state index contributed by atoms with van der Waals surface area (Å²) in [7, 11) is 0. The average molecular weight is 468 g/mol. The van der Waals surface area contributed by atoms with Crippen LogP contribution in [0.25, 0.3) is 5.57 Å². The van der Waals surface area contributed by atoms with Crippen LogP contribution in [-0.4, -0.2) is 31.5 Å². The molecule has 0 aromatic heterocycles. The molecular weight excluding hydrogens is 438 g/mol. The van der Waals surface area contributed by atoms with E-state index in [1.807, 2.05) is 55.5 Å². The lowest BCUT2D eigenvalue weighted by atomic mass is 10.0. The summed E-state index contributed by atoms with van der Waals surface area (Å²) >= 11 is 0. The fourth-order valence-corrected chi connectivity index (χ4v) is 4.68. The molecule has 0 atom stereocenters. The van der Waals surface area contributed by atoms with Crippen LogP contribution in [0.4, 0.5) is 17.1 Å². The highest BCUT2D eigenvalue weighted by Gasteiger charge is 2.40. The van der Waals surface area contributed by atoms with Crippen molar-refractivity contribution in [1.29, 1.82) is 0 Å². The Labute approximate surface area is 205 Å². The normalized spacial score (nSPS) is 16.1. The van der Waals surface area contributed by atoms with E-state index in [1.54, 1.807) is 18.2 Å². The van der Waals surface area contributed by atoms with Crippen LogP contribution in [0.1, 0.15) is 31.7 Å². The number of imide groups is 1. The van der Waals surface area contributed by atoms with Gasteiger partial charge in [0.2, 0.25) is 0 Å². The van der Waals surface area contributed by atoms with Crippen molar-refractivity contribution in [3.05, 3.63) is 90.1 Å². The molecule has 2 heterocycles. The van der Waals surface area contributed by atoms with Crippen molar-refractivity contribution in [2.75, 3.05) is 34.8 Å². The first-order valence-electron chi connectivity index (χ1n) is 12.2. The van der Waals surface area contributed by atoms with Gasteiger partial charge in [0, 0.05) is 30.5 Å². The molecule has 0 unspecified atom stereocenters. The summed E-state index contributed by atoms with van der Waals surface area (Å²) in [6.07, 6.45) is 3.71. The molecule has 0 radical (unpaired) electrons. The smallest absolute Gasteiger partial charge is 0.282 e. The summed E-state index contributed by atoms with van der Waals surface area (Å²) in [6.45, 7) is 4.53. The maximum Gasteiger partial charge on any atom is 0.282 e. The summed E-state index contributed by atoms with van der Waals surface area (Å²) < 4.78 is 5.59. The van der Waals surface area contributed by atoms with Gasteiger partial charge >= 0.3 is 0 Å². The standard InChI is InChI=1S/C29H29N3O3/c1-2-35-25-13-9-12-24(20-25)32-28(33)26(21-10-5-3-6-11-21)27(29(32)34)30-22-14-16-23(17-15-22)31-18-7-4-8-19-31/h3,5-6,9-17,20,30H,2,4,7-8,18-19H2,1H3. The van der Waals surface area contributed by atoms with Gasteiger partial charge in [-0.3, -0.25) is 9.59 Å². The number of amides is 2. The highest BCUT2D eigenvalue weighted by Crippen LogP contribution is 2.35. The molecule has 0 bridgehead atoms. The summed E-state index contributed by atoms with van der Waals surface area (Å²) in [4.78, 5) is 30.8. The van der Waals surface area contributed by atoms with E-state index in [1.165, 1.54) is 29.8 Å². The van der Waals surface area contributed by atoms with Gasteiger partial charge in [-0.2, -0.15) is 0 Å². The zero-order chi connectivity index (χ0) is 24.2. The molecule has 2 aliphatic rings. The second kappa shape index (κ2) is 10.1. The zero-order valence-corrected chi connectivity index (χ0v) is 19.9. The number of ether oxygens (including phenoxy) is 1. The number of carbonyl (C=O) groups is 2. The molecule has 35 heavy (non-hydrogen) atoms. The number of rotatable bonds is 7. The first-order chi connectivity index (χ1) is 17.2. The number of hydrogen-bond donors (Lipinski definition) is 1. The lowest BCUT2D eigenvalue weighted by Gasteiger charge is -2.28. The van der Waals surface area contributed by atoms with Crippen LogP contribution >= 0.6 is 0 Å². The van der Waals surface area contributed by atoms with Gasteiger partial charge in [-0.1, -0.05) is 36.4 Å². The number of hydrogen-bond acceptors (Lipinski definition) is 5. The minimum atomic E-state index is -0.386. The third-order valence-electron chi connectivity index (χ3n) is 6.39. The number of piperidine rings is 1. The lowest BCUT2D eigenvalue weighted by Crippen LogP contribution is -2.32. The Kier molecular flexibility index (Phi) is 6.53. The minimum Gasteiger partial charge on any atom is -0.494 e. The van der Waals surface area contributed by atoms with Gasteiger partial charge in [-0.25, -0.2) is 4.90 Å². The molecule has 0 spiro atoms. The van der Waals surface area contributed by atoms with E-state index in [0.717, 1.165) is 18.8 Å². The van der Waals surface area contributed by atoms with Crippen molar-refractivity contribution in [1.82, 2.24) is 0 Å². The lowest BCUT2D eigenvalue weighted by molar-refractivity contribution is -0.120. The van der Waals surface area contributed by atoms with Gasteiger partial charge in [-0.05, 0) is 68.1 Å². The van der Waals surface area contributed by atoms with E-state index >= 15 is 0 Å². The van der Waals surface area contributed by atoms with Crippen molar-refractivity contribution in [3.8, 4) is 5.75 Å². The van der Waals surface area contributed by atoms with Gasteiger partial charge < -0.3 is 15.0 Å². The van der Waals surface area contributed by atoms with E-state index in [4.69, 9.17) is 4.74 Å². The Bertz CT molecular complexity index is 1250. The molecule has 5 rings (SSSR count). The predicted molar refractivity (Wildman–Crippen MR) is 140 cm³/mol. The molecule has 3 aromatic rings. The third kappa shape index (κ3) is 4.64. The Balaban J connectivity index is 1.48. The Morgan fingerprint density at radius 2 is 1.54 bits per heavy atom. The van der Waals surface area contributed by atoms with Gasteiger partial charge in [0.25, 0.3) is 11.8 Å². The van der Waals surface area contributed by atoms with Crippen LogP contribution < -0.4 is 19.9 Å². The fourth-order valence-electron chi connectivity index (χ4n) is 4.68. The van der Waals surface area contributed by atoms with Crippen LogP contribution in [0.2, 0.25) is 0 Å². The zero-order valence-electron chi connectivity index (χ0n) is 19.9. The van der Waals surface area contributed by atoms with Gasteiger partial charge in [0.05, 0.1) is 17.9 Å². The molecule has 2 amide bonds. The molecule has 1 fully saturated rings. The van der Waals surface area contributed by atoms with Crippen molar-refractivity contribution in [2.24, 2.45) is 0 Å². The Hall–Kier alpha value is -4.06. The van der Waals surface area contributed by atoms with E-state index in [-0.39, 0.29) is 17.5 Å². The largest absolute Gasteiger partial charge is 0.494 e. The summed E-state index contributed by atoms with van der Waals surface area (Å²) in [5, 5.41) is 3.26. The molecule has 3 aromatic carbocycles. The first-order valence-corrected chi connectivity index (χ1v) is 12.2. The number of nitrogens with zero attached hydrogens (tertiary/aromatic N) is 2. The van der Waals surface area contributed by atoms with Crippen molar-refractivity contribution in [2.45, 2.75) is 26.2 Å². The molecule has 6 nitrogen and oxygen atoms in total. The summed E-state index contributed by atoms with van der Waals surface area (Å²) in [6, 6.07) is 24.5. The van der Waals surface area contributed by atoms with Crippen LogP contribution in [-0.2, 0) is 9.59 Å². The van der Waals surface area contributed by atoms with E-state index in [9.17, 15) is 9.59 Å². The fraction of sp³-hybridized carbons (Fsp3) is 0.241. The topological polar surface area (TPSA) is 61.9 Å². The van der Waals surface area contributed by atoms with Gasteiger partial charge in [0.1, 0.15) is 11.4 Å². The molecule has 178 valence electrons. The molecular formula is C29H29N3O3. The van der Waals surface area contributed by atoms with Gasteiger partial charge in [-0.15, -0.1) is 0 Å². The highest BCUT2D eigenvalue weighted by atomic mass is 16.5. The number of carbonyl (C=O) groups excluding carboxylic acids is 2. The predicted octanol–water partition coefficient (Wildman–Crippen LogP) is 5.47. The highest BCUT2D eigenvalue weighted by molar-refractivity contribution is 6.46. The van der Waals surface area contributed by atoms with Crippen molar-refractivity contribution >= 4 is 34.4 Å². The van der Waals surface area contributed by atoms with Gasteiger partial charge in [0.15, 0.2) is 0 Å². The van der Waals surface area contributed by atoms with E-state index in [2.05, 4.69) is 22.3 Å². The summed E-state index contributed by atoms with van der Waals surface area (Å²) in [5.41, 5.74) is 3.75. The van der Waals surface area contributed by atoms with E-state index in [0.29, 0.717) is 29.2 Å². The monoisotopic (exact) mass is 467 g/mol. The number of nitrogens with one attached hydrogen (secondary N) is 1. The molecule has 1 saturated heterocycles. The van der Waals surface area contributed by atoms with Crippen LogP contribution in [0, 0.1) is 0 Å². The molecule has 2 aliphatic heterocycles. The molecule has 0 aliphatic carbocycles. The average Bonchev–Trinajstić information content (AvgIpc) is 3.14. The molecule has 6 heteroatoms. The number of benzene rings is 3. The van der Waals surface area contributed by atoms with E-state index < -0.39 is 0 Å². The second-order valence-electron chi connectivity index (χ2n) is 8.71. The minimum absolute atomic E-state index is 0.272. The quantitative estimate of drug-likeness (QED) is 0.467. The van der Waals surface area contributed by atoms with Crippen LogP contribution in [0.3, 0.4) is 0 Å². The van der Waals surface area contributed by atoms with Crippen molar-refractivity contribution in [3.63, 3.8) is 0 Å². The third-order valence-corrected chi connectivity index (χ3v) is 6.39. The Morgan fingerprint density at radius 1 is 0.800 bits per heavy atom. The molecule has 0 saturated carbocycles.